The van der Waals surface area contributed by atoms with Gasteiger partial charge in [-0.25, -0.2) is 9.38 Å². The Morgan fingerprint density at radius 3 is 2.54 bits per heavy atom. The molecule has 1 N–H and O–H groups in total. The number of halogens is 1. The molecular weight excluding hydrogens is 351 g/mol. The predicted molar refractivity (Wildman–Crippen MR) is 101 cm³/mol. The highest BCUT2D eigenvalue weighted by Gasteiger charge is 2.24. The molecule has 0 radical (unpaired) electrons. The second-order valence-electron chi connectivity index (χ2n) is 5.53. The molecule has 4 nitrogen and oxygen atoms in total. The van der Waals surface area contributed by atoms with E-state index in [0.717, 1.165) is 11.3 Å². The molecule has 3 aromatic rings. The fourth-order valence-electron chi connectivity index (χ4n) is 2.43. The number of rotatable bonds is 3. The fraction of sp³-hybridized carbons (Fsp3) is 0. The van der Waals surface area contributed by atoms with Crippen LogP contribution in [-0.4, -0.2) is 11.1 Å². The first-order valence-electron chi connectivity index (χ1n) is 7.88. The Kier molecular flexibility index (Phi) is 4.41. The number of nitrogens with zero attached hydrogens (tertiary/aromatic N) is 1. The van der Waals surface area contributed by atoms with Gasteiger partial charge in [0.1, 0.15) is 17.3 Å². The van der Waals surface area contributed by atoms with E-state index in [-0.39, 0.29) is 11.7 Å². The third-order valence-electron chi connectivity index (χ3n) is 3.67. The summed E-state index contributed by atoms with van der Waals surface area (Å²) in [6.07, 6.45) is 1.67. The molecule has 1 aromatic heterocycles. The van der Waals surface area contributed by atoms with Crippen molar-refractivity contribution in [1.82, 2.24) is 5.32 Å². The standard InChI is InChI=1S/C20H13FN2O2S/c21-14-8-6-13(7-9-14)17-11-10-16(25-17)12-18-19(24)23-20(26-18)22-15-4-2-1-3-5-15/h1-12H,(H,22,23,24)/b18-12+. The molecule has 0 aliphatic carbocycles. The van der Waals surface area contributed by atoms with Gasteiger partial charge in [0, 0.05) is 11.6 Å². The minimum absolute atomic E-state index is 0.218. The van der Waals surface area contributed by atoms with Crippen LogP contribution < -0.4 is 5.32 Å². The number of para-hydroxylation sites is 1. The maximum absolute atomic E-state index is 13.0. The molecule has 1 fully saturated rings. The van der Waals surface area contributed by atoms with Gasteiger partial charge in [-0.15, -0.1) is 0 Å². The lowest BCUT2D eigenvalue weighted by atomic mass is 10.2. The van der Waals surface area contributed by atoms with Crippen LogP contribution in [0.3, 0.4) is 0 Å². The molecular formula is C20H13FN2O2S. The molecule has 0 atom stereocenters. The average molecular weight is 364 g/mol. The Balaban J connectivity index is 1.54. The molecule has 2 aromatic carbocycles. The highest BCUT2D eigenvalue weighted by Crippen LogP contribution is 2.30. The molecule has 1 saturated heterocycles. The van der Waals surface area contributed by atoms with Gasteiger partial charge in [0.2, 0.25) is 0 Å². The van der Waals surface area contributed by atoms with Crippen molar-refractivity contribution in [1.29, 1.82) is 0 Å². The second kappa shape index (κ2) is 7.01. The van der Waals surface area contributed by atoms with Gasteiger partial charge in [-0.2, -0.15) is 0 Å². The van der Waals surface area contributed by atoms with Crippen LogP contribution in [0.2, 0.25) is 0 Å². The van der Waals surface area contributed by atoms with E-state index in [2.05, 4.69) is 10.3 Å². The quantitative estimate of drug-likeness (QED) is 0.667. The summed E-state index contributed by atoms with van der Waals surface area (Å²) < 4.78 is 18.8. The SMILES string of the molecule is O=C1NC(=Nc2ccccc2)S/C1=C/c1ccc(-c2ccc(F)cc2)o1. The predicted octanol–water partition coefficient (Wildman–Crippen LogP) is 4.98. The van der Waals surface area contributed by atoms with Gasteiger partial charge in [-0.05, 0) is 60.3 Å². The minimum Gasteiger partial charge on any atom is -0.457 e. The largest absolute Gasteiger partial charge is 0.457 e. The summed E-state index contributed by atoms with van der Waals surface area (Å²) in [7, 11) is 0. The molecule has 4 rings (SSSR count). The average Bonchev–Trinajstić information content (AvgIpc) is 3.24. The molecule has 2 heterocycles. The summed E-state index contributed by atoms with van der Waals surface area (Å²) in [5, 5.41) is 3.27. The zero-order chi connectivity index (χ0) is 17.9. The molecule has 0 saturated carbocycles. The Labute approximate surface area is 153 Å². The van der Waals surface area contributed by atoms with Crippen molar-refractivity contribution in [3.63, 3.8) is 0 Å². The summed E-state index contributed by atoms with van der Waals surface area (Å²) in [6, 6.07) is 19.0. The van der Waals surface area contributed by atoms with Gasteiger partial charge in [0.05, 0.1) is 10.6 Å². The Hall–Kier alpha value is -3.12. The van der Waals surface area contributed by atoms with Crippen molar-refractivity contribution in [2.45, 2.75) is 0 Å². The first-order valence-corrected chi connectivity index (χ1v) is 8.69. The number of hydrogen-bond donors (Lipinski definition) is 1. The monoisotopic (exact) mass is 364 g/mol. The van der Waals surface area contributed by atoms with E-state index in [1.807, 2.05) is 30.3 Å². The van der Waals surface area contributed by atoms with Gasteiger partial charge in [-0.3, -0.25) is 4.79 Å². The summed E-state index contributed by atoms with van der Waals surface area (Å²) in [5.74, 6) is 0.637. The molecule has 1 aliphatic heterocycles. The third kappa shape index (κ3) is 3.60. The molecule has 128 valence electrons. The maximum Gasteiger partial charge on any atom is 0.264 e. The van der Waals surface area contributed by atoms with E-state index in [1.165, 1.54) is 23.9 Å². The van der Waals surface area contributed by atoms with Crippen LogP contribution in [0.4, 0.5) is 10.1 Å². The first-order chi connectivity index (χ1) is 12.7. The van der Waals surface area contributed by atoms with E-state index in [0.29, 0.717) is 21.6 Å². The van der Waals surface area contributed by atoms with Gasteiger partial charge in [0.15, 0.2) is 5.17 Å². The molecule has 1 aliphatic rings. The molecule has 1 amide bonds. The first kappa shape index (κ1) is 16.4. The number of aliphatic imine (C=N–C) groups is 1. The van der Waals surface area contributed by atoms with Gasteiger partial charge >= 0.3 is 0 Å². The molecule has 0 unspecified atom stereocenters. The summed E-state index contributed by atoms with van der Waals surface area (Å²) in [4.78, 5) is 17.0. The van der Waals surface area contributed by atoms with Crippen molar-refractivity contribution >= 4 is 34.6 Å². The Morgan fingerprint density at radius 2 is 1.77 bits per heavy atom. The van der Waals surface area contributed by atoms with Crippen LogP contribution >= 0.6 is 11.8 Å². The van der Waals surface area contributed by atoms with Crippen molar-refractivity contribution in [3.8, 4) is 11.3 Å². The normalized spacial score (nSPS) is 17.0. The summed E-state index contributed by atoms with van der Waals surface area (Å²) in [6.45, 7) is 0. The van der Waals surface area contributed by atoms with Gasteiger partial charge in [-0.1, -0.05) is 18.2 Å². The van der Waals surface area contributed by atoms with E-state index < -0.39 is 0 Å². The fourth-order valence-corrected chi connectivity index (χ4v) is 3.25. The van der Waals surface area contributed by atoms with Gasteiger partial charge < -0.3 is 9.73 Å². The van der Waals surface area contributed by atoms with Crippen LogP contribution in [0.25, 0.3) is 17.4 Å². The smallest absolute Gasteiger partial charge is 0.264 e. The lowest BCUT2D eigenvalue weighted by Gasteiger charge is -1.96. The molecule has 0 spiro atoms. The van der Waals surface area contributed by atoms with Crippen molar-refractivity contribution < 1.29 is 13.6 Å². The van der Waals surface area contributed by atoms with Crippen LogP contribution in [-0.2, 0) is 4.79 Å². The number of carbonyl (C=O) groups excluding carboxylic acids is 1. The number of nitrogens with one attached hydrogen (secondary N) is 1. The van der Waals surface area contributed by atoms with E-state index in [9.17, 15) is 9.18 Å². The summed E-state index contributed by atoms with van der Waals surface area (Å²) in [5.41, 5.74) is 1.54. The third-order valence-corrected chi connectivity index (χ3v) is 4.58. The van der Waals surface area contributed by atoms with Crippen molar-refractivity contribution in [2.75, 3.05) is 0 Å². The zero-order valence-electron chi connectivity index (χ0n) is 13.5. The number of carbonyl (C=O) groups is 1. The maximum atomic E-state index is 13.0. The summed E-state index contributed by atoms with van der Waals surface area (Å²) >= 11 is 1.26. The number of benzene rings is 2. The lowest BCUT2D eigenvalue weighted by molar-refractivity contribution is -0.115. The molecule has 26 heavy (non-hydrogen) atoms. The number of amides is 1. The van der Waals surface area contributed by atoms with E-state index in [4.69, 9.17) is 4.42 Å². The van der Waals surface area contributed by atoms with E-state index in [1.54, 1.807) is 30.3 Å². The topological polar surface area (TPSA) is 54.6 Å². The lowest BCUT2D eigenvalue weighted by Crippen LogP contribution is -2.19. The molecule has 0 bridgehead atoms. The molecule has 6 heteroatoms. The van der Waals surface area contributed by atoms with Crippen LogP contribution in [0.1, 0.15) is 5.76 Å². The highest BCUT2D eigenvalue weighted by atomic mass is 32.2. The Bertz CT molecular complexity index is 1010. The highest BCUT2D eigenvalue weighted by molar-refractivity contribution is 8.18. The number of thioether (sulfide) groups is 1. The number of furan rings is 1. The minimum atomic E-state index is -0.299. The van der Waals surface area contributed by atoms with Crippen molar-refractivity contribution in [2.24, 2.45) is 4.99 Å². The van der Waals surface area contributed by atoms with Crippen LogP contribution in [0.5, 0.6) is 0 Å². The van der Waals surface area contributed by atoms with Crippen LogP contribution in [0, 0.1) is 5.82 Å². The number of amidine groups is 1. The van der Waals surface area contributed by atoms with Crippen LogP contribution in [0.15, 0.2) is 81.0 Å². The Morgan fingerprint density at radius 1 is 1.00 bits per heavy atom. The zero-order valence-corrected chi connectivity index (χ0v) is 14.3. The number of hydrogen-bond acceptors (Lipinski definition) is 4. The second-order valence-corrected chi connectivity index (χ2v) is 6.56. The van der Waals surface area contributed by atoms with Crippen molar-refractivity contribution in [3.05, 3.63) is 83.2 Å². The van der Waals surface area contributed by atoms with E-state index >= 15 is 0 Å². The van der Waals surface area contributed by atoms with Gasteiger partial charge in [0.25, 0.3) is 5.91 Å².